The van der Waals surface area contributed by atoms with Gasteiger partial charge in [-0.15, -0.1) is 0 Å². The van der Waals surface area contributed by atoms with Crippen molar-refractivity contribution in [3.05, 3.63) is 24.3 Å². The molecule has 0 saturated carbocycles. The Labute approximate surface area is 81.3 Å². The lowest BCUT2D eigenvalue weighted by Crippen LogP contribution is -2.39. The van der Waals surface area contributed by atoms with E-state index in [4.69, 9.17) is 0 Å². The molecule has 72 valence electrons. The highest BCUT2D eigenvalue weighted by atomic mass is 16.2. The molecule has 1 unspecified atom stereocenters. The number of amides is 1. The smallest absolute Gasteiger partial charge is 0.238 e. The van der Waals surface area contributed by atoms with E-state index < -0.39 is 0 Å². The van der Waals surface area contributed by atoms with Crippen LogP contribution in [0.1, 0.15) is 6.92 Å². The number of nitrogens with one attached hydrogen (secondary N) is 2. The predicted octanol–water partition coefficient (Wildman–Crippen LogP) is -0.0677. The first-order valence-corrected chi connectivity index (χ1v) is 4.29. The number of hydrogen-bond acceptors (Lipinski definition) is 4. The predicted molar refractivity (Wildman–Crippen MR) is 53.9 cm³/mol. The van der Waals surface area contributed by atoms with Crippen molar-refractivity contribution >= 4 is 17.6 Å². The van der Waals surface area contributed by atoms with E-state index in [0.717, 1.165) is 5.71 Å². The summed E-state index contributed by atoms with van der Waals surface area (Å²) < 4.78 is 0. The maximum absolute atomic E-state index is 10.6. The van der Waals surface area contributed by atoms with E-state index >= 15 is 0 Å². The van der Waals surface area contributed by atoms with Gasteiger partial charge in [-0.25, -0.2) is 9.98 Å². The second-order valence-corrected chi connectivity index (χ2v) is 2.98. The van der Waals surface area contributed by atoms with Gasteiger partial charge in [0, 0.05) is 6.92 Å². The first-order valence-electron chi connectivity index (χ1n) is 4.29. The van der Waals surface area contributed by atoms with E-state index in [-0.39, 0.29) is 11.9 Å². The summed E-state index contributed by atoms with van der Waals surface area (Å²) in [4.78, 5) is 19.0. The molecule has 1 aliphatic heterocycles. The number of aliphatic imine (C=N–C) groups is 2. The number of nitrogens with zero attached hydrogens (tertiary/aromatic N) is 2. The minimum absolute atomic E-state index is 0.00346. The fraction of sp³-hybridized carbons (Fsp3) is 0.222. The van der Waals surface area contributed by atoms with Crippen LogP contribution in [0.4, 0.5) is 0 Å². The van der Waals surface area contributed by atoms with Crippen LogP contribution in [-0.2, 0) is 4.79 Å². The fourth-order valence-corrected chi connectivity index (χ4v) is 1.22. The Hall–Kier alpha value is -1.91. The Morgan fingerprint density at radius 2 is 2.36 bits per heavy atom. The molecule has 0 fully saturated rings. The van der Waals surface area contributed by atoms with Crippen molar-refractivity contribution in [1.29, 1.82) is 0 Å². The van der Waals surface area contributed by atoms with Gasteiger partial charge in [0.15, 0.2) is 0 Å². The van der Waals surface area contributed by atoms with Gasteiger partial charge in [0.1, 0.15) is 6.04 Å². The van der Waals surface area contributed by atoms with Crippen LogP contribution < -0.4 is 10.9 Å². The van der Waals surface area contributed by atoms with E-state index in [1.54, 1.807) is 0 Å². The van der Waals surface area contributed by atoms with Gasteiger partial charge in [-0.05, 0) is 6.08 Å². The molecule has 0 aromatic rings. The zero-order valence-electron chi connectivity index (χ0n) is 7.69. The molecular weight excluding hydrogens is 180 g/mol. The van der Waals surface area contributed by atoms with Crippen molar-refractivity contribution in [2.45, 2.75) is 13.0 Å². The average Bonchev–Trinajstić information content (AvgIpc) is 2.57. The lowest BCUT2D eigenvalue weighted by atomic mass is 10.1. The summed E-state index contributed by atoms with van der Waals surface area (Å²) in [6.45, 7) is 1.42. The summed E-state index contributed by atoms with van der Waals surface area (Å²) in [6, 6.07) is -0.00346. The molecule has 5 heteroatoms. The van der Waals surface area contributed by atoms with E-state index in [0.29, 0.717) is 5.96 Å². The van der Waals surface area contributed by atoms with Crippen molar-refractivity contribution in [3.8, 4) is 0 Å². The molecule has 2 aliphatic rings. The van der Waals surface area contributed by atoms with Gasteiger partial charge >= 0.3 is 0 Å². The Morgan fingerprint density at radius 3 is 3.07 bits per heavy atom. The highest BCUT2D eigenvalue weighted by molar-refractivity contribution is 6.12. The van der Waals surface area contributed by atoms with E-state index in [2.05, 4.69) is 20.8 Å². The lowest BCUT2D eigenvalue weighted by molar-refractivity contribution is -0.119. The van der Waals surface area contributed by atoms with Gasteiger partial charge in [-0.1, -0.05) is 18.2 Å². The lowest BCUT2D eigenvalue weighted by Gasteiger charge is -2.03. The highest BCUT2D eigenvalue weighted by Crippen LogP contribution is 2.11. The molecule has 1 aliphatic carbocycles. The number of allylic oxidation sites excluding steroid dienone is 2. The molecule has 5 nitrogen and oxygen atoms in total. The maximum atomic E-state index is 10.6. The Kier molecular flexibility index (Phi) is 2.14. The summed E-state index contributed by atoms with van der Waals surface area (Å²) >= 11 is 0. The summed E-state index contributed by atoms with van der Waals surface area (Å²) in [5, 5.41) is 0. The van der Waals surface area contributed by atoms with Crippen molar-refractivity contribution in [2.24, 2.45) is 9.98 Å². The topological polar surface area (TPSA) is 65.8 Å². The number of rotatable bonds is 0. The number of hydrazine groups is 1. The molecule has 1 atom stereocenters. The number of carbonyl (C=O) groups excluding carboxylic acids is 1. The molecule has 0 spiro atoms. The van der Waals surface area contributed by atoms with Crippen molar-refractivity contribution in [3.63, 3.8) is 0 Å². The van der Waals surface area contributed by atoms with Gasteiger partial charge in [0.25, 0.3) is 0 Å². The minimum Gasteiger partial charge on any atom is -0.274 e. The van der Waals surface area contributed by atoms with Gasteiger partial charge in [-0.3, -0.25) is 15.6 Å². The summed E-state index contributed by atoms with van der Waals surface area (Å²) in [5.41, 5.74) is 5.94. The molecule has 0 aromatic carbocycles. The second kappa shape index (κ2) is 3.45. The van der Waals surface area contributed by atoms with Crippen LogP contribution in [0.3, 0.4) is 0 Å². The third-order valence-electron chi connectivity index (χ3n) is 1.82. The first kappa shape index (κ1) is 8.68. The van der Waals surface area contributed by atoms with Crippen molar-refractivity contribution in [2.75, 3.05) is 0 Å². The SMILES string of the molecule is CC(=O)NNC1=NC2C=CC=CC2=N1. The van der Waals surface area contributed by atoms with E-state index in [1.165, 1.54) is 6.92 Å². The molecule has 0 radical (unpaired) electrons. The maximum Gasteiger partial charge on any atom is 0.238 e. The number of guanidine groups is 1. The third-order valence-corrected chi connectivity index (χ3v) is 1.82. The number of hydrogen-bond donors (Lipinski definition) is 2. The van der Waals surface area contributed by atoms with Gasteiger partial charge in [-0.2, -0.15) is 0 Å². The van der Waals surface area contributed by atoms with Crippen molar-refractivity contribution in [1.82, 2.24) is 10.9 Å². The molecule has 1 amide bonds. The van der Waals surface area contributed by atoms with Gasteiger partial charge in [0.05, 0.1) is 5.71 Å². The van der Waals surface area contributed by atoms with Gasteiger partial charge < -0.3 is 0 Å². The average molecular weight is 190 g/mol. The fourth-order valence-electron chi connectivity index (χ4n) is 1.22. The Balaban J connectivity index is 2.03. The molecule has 2 rings (SSSR count). The molecule has 0 aromatic heterocycles. The van der Waals surface area contributed by atoms with Crippen LogP contribution in [0.25, 0.3) is 0 Å². The Bertz CT molecular complexity index is 378. The van der Waals surface area contributed by atoms with Crippen LogP contribution in [0.2, 0.25) is 0 Å². The molecule has 1 heterocycles. The van der Waals surface area contributed by atoms with Crippen LogP contribution in [0.5, 0.6) is 0 Å². The molecule has 0 saturated heterocycles. The largest absolute Gasteiger partial charge is 0.274 e. The minimum atomic E-state index is -0.172. The zero-order chi connectivity index (χ0) is 9.97. The van der Waals surface area contributed by atoms with Gasteiger partial charge in [0.2, 0.25) is 11.9 Å². The van der Waals surface area contributed by atoms with Crippen LogP contribution >= 0.6 is 0 Å². The number of carbonyl (C=O) groups is 1. The second-order valence-electron chi connectivity index (χ2n) is 2.98. The zero-order valence-corrected chi connectivity index (χ0v) is 7.69. The Morgan fingerprint density at radius 1 is 1.50 bits per heavy atom. The number of fused-ring (bicyclic) bond motifs is 1. The summed E-state index contributed by atoms with van der Waals surface area (Å²) in [6.07, 6.45) is 7.68. The molecular formula is C9H10N4O. The van der Waals surface area contributed by atoms with E-state index in [1.807, 2.05) is 24.3 Å². The standard InChI is InChI=1S/C9H10N4O/c1-6(14)12-13-9-10-7-4-2-3-5-8(7)11-9/h2-5,7H,1H3,(H,10,13)(H,12,14). The summed E-state index contributed by atoms with van der Waals surface area (Å²) in [5.74, 6) is 0.269. The summed E-state index contributed by atoms with van der Waals surface area (Å²) in [7, 11) is 0. The van der Waals surface area contributed by atoms with Crippen LogP contribution in [0, 0.1) is 0 Å². The molecule has 2 N–H and O–H groups in total. The molecule has 14 heavy (non-hydrogen) atoms. The quantitative estimate of drug-likeness (QED) is 0.525. The molecule has 0 bridgehead atoms. The van der Waals surface area contributed by atoms with Crippen LogP contribution in [0.15, 0.2) is 34.3 Å². The van der Waals surface area contributed by atoms with Crippen molar-refractivity contribution < 1.29 is 4.79 Å². The highest BCUT2D eigenvalue weighted by Gasteiger charge is 2.19. The third kappa shape index (κ3) is 1.71. The van der Waals surface area contributed by atoms with E-state index in [9.17, 15) is 4.79 Å². The normalized spacial score (nSPS) is 22.5. The van der Waals surface area contributed by atoms with Crippen LogP contribution in [-0.4, -0.2) is 23.6 Å². The first-order chi connectivity index (χ1) is 6.75. The monoisotopic (exact) mass is 190 g/mol.